The molecule has 0 heterocycles. The maximum atomic E-state index is 13.5. The van der Waals surface area contributed by atoms with E-state index < -0.39 is 10.0 Å². The molecule has 3 aromatic rings. The zero-order chi connectivity index (χ0) is 25.4. The van der Waals surface area contributed by atoms with Gasteiger partial charge in [0.15, 0.2) is 0 Å². The fraction of sp³-hybridized carbons (Fsp3) is 0.296. The van der Waals surface area contributed by atoms with Gasteiger partial charge in [-0.1, -0.05) is 29.8 Å². The van der Waals surface area contributed by atoms with Gasteiger partial charge in [-0.25, -0.2) is 8.42 Å². The van der Waals surface area contributed by atoms with Crippen LogP contribution in [0.5, 0.6) is 5.75 Å². The minimum Gasteiger partial charge on any atom is -0.494 e. The molecule has 0 atom stereocenters. The first kappa shape index (κ1) is 26.6. The quantitative estimate of drug-likeness (QED) is 0.352. The smallest absolute Gasteiger partial charge is 0.264 e. The number of rotatable bonds is 11. The van der Waals surface area contributed by atoms with E-state index in [0.717, 1.165) is 39.6 Å². The molecule has 1 amide bonds. The standard InChI is InChI=1S/C27H31ClN2O4S/c1-4-34-25-13-8-22(9-14-25)6-5-17-29-27(31)19-30(24-12-7-20(2)21(3)18-24)35(32,33)26-15-10-23(28)11-16-26/h7-16,18H,4-6,17,19H2,1-3H3,(H,29,31). The Morgan fingerprint density at radius 1 is 0.971 bits per heavy atom. The Morgan fingerprint density at radius 3 is 2.29 bits per heavy atom. The van der Waals surface area contributed by atoms with Gasteiger partial charge in [-0.2, -0.15) is 0 Å². The van der Waals surface area contributed by atoms with Crippen molar-refractivity contribution in [2.75, 3.05) is 24.0 Å². The lowest BCUT2D eigenvalue weighted by Gasteiger charge is -2.25. The highest BCUT2D eigenvalue weighted by Gasteiger charge is 2.27. The number of hydrogen-bond acceptors (Lipinski definition) is 4. The summed E-state index contributed by atoms with van der Waals surface area (Å²) in [5.74, 6) is 0.463. The molecule has 0 aromatic heterocycles. The summed E-state index contributed by atoms with van der Waals surface area (Å²) in [6, 6.07) is 19.2. The summed E-state index contributed by atoms with van der Waals surface area (Å²) in [6.45, 7) is 6.54. The van der Waals surface area contributed by atoms with Crippen LogP contribution in [0.3, 0.4) is 0 Å². The molecule has 3 rings (SSSR count). The second-order valence-electron chi connectivity index (χ2n) is 8.26. The molecule has 0 saturated heterocycles. The number of carbonyl (C=O) groups excluding carboxylic acids is 1. The summed E-state index contributed by atoms with van der Waals surface area (Å²) in [4.78, 5) is 12.9. The minimum absolute atomic E-state index is 0.0726. The number of halogens is 1. The van der Waals surface area contributed by atoms with Crippen LogP contribution in [0, 0.1) is 13.8 Å². The number of anilines is 1. The molecule has 0 saturated carbocycles. The van der Waals surface area contributed by atoms with Gasteiger partial charge in [0, 0.05) is 11.6 Å². The van der Waals surface area contributed by atoms with E-state index in [1.807, 2.05) is 51.1 Å². The highest BCUT2D eigenvalue weighted by atomic mass is 35.5. The third-order valence-electron chi connectivity index (χ3n) is 5.67. The van der Waals surface area contributed by atoms with E-state index in [4.69, 9.17) is 16.3 Å². The molecule has 0 aliphatic heterocycles. The lowest BCUT2D eigenvalue weighted by molar-refractivity contribution is -0.119. The van der Waals surface area contributed by atoms with Crippen LogP contribution >= 0.6 is 11.6 Å². The van der Waals surface area contributed by atoms with Gasteiger partial charge in [-0.15, -0.1) is 0 Å². The average Bonchev–Trinajstić information content (AvgIpc) is 2.83. The van der Waals surface area contributed by atoms with Crippen LogP contribution in [-0.4, -0.2) is 34.0 Å². The molecule has 0 spiro atoms. The zero-order valence-corrected chi connectivity index (χ0v) is 21.8. The summed E-state index contributed by atoms with van der Waals surface area (Å²) in [7, 11) is -3.98. The predicted octanol–water partition coefficient (Wildman–Crippen LogP) is 5.30. The highest BCUT2D eigenvalue weighted by molar-refractivity contribution is 7.92. The topological polar surface area (TPSA) is 75.7 Å². The molecule has 0 radical (unpaired) electrons. The number of carbonyl (C=O) groups is 1. The van der Waals surface area contributed by atoms with E-state index in [-0.39, 0.29) is 17.3 Å². The number of ether oxygens (including phenoxy) is 1. The second-order valence-corrected chi connectivity index (χ2v) is 10.6. The molecule has 186 valence electrons. The molecular formula is C27H31ClN2O4S. The Labute approximate surface area is 212 Å². The van der Waals surface area contributed by atoms with E-state index in [2.05, 4.69) is 5.32 Å². The maximum Gasteiger partial charge on any atom is 0.264 e. The predicted molar refractivity (Wildman–Crippen MR) is 141 cm³/mol. The van der Waals surface area contributed by atoms with Crippen molar-refractivity contribution < 1.29 is 17.9 Å². The Balaban J connectivity index is 1.68. The van der Waals surface area contributed by atoms with Crippen molar-refractivity contribution in [2.45, 2.75) is 38.5 Å². The molecule has 0 fully saturated rings. The van der Waals surface area contributed by atoms with Crippen LogP contribution < -0.4 is 14.4 Å². The fourth-order valence-electron chi connectivity index (χ4n) is 3.56. The Morgan fingerprint density at radius 2 is 1.66 bits per heavy atom. The Kier molecular flexibility index (Phi) is 9.18. The third kappa shape index (κ3) is 7.23. The number of nitrogens with one attached hydrogen (secondary N) is 1. The first-order valence-corrected chi connectivity index (χ1v) is 13.4. The van der Waals surface area contributed by atoms with Gasteiger partial charge in [0.25, 0.3) is 10.0 Å². The number of nitrogens with zero attached hydrogens (tertiary/aromatic N) is 1. The SMILES string of the molecule is CCOc1ccc(CCCNC(=O)CN(c2ccc(C)c(C)c2)S(=O)(=O)c2ccc(Cl)cc2)cc1. The molecule has 0 unspecified atom stereocenters. The van der Waals surface area contributed by atoms with Crippen molar-refractivity contribution >= 4 is 33.2 Å². The van der Waals surface area contributed by atoms with Crippen molar-refractivity contribution in [1.29, 1.82) is 0 Å². The van der Waals surface area contributed by atoms with Crippen LogP contribution in [0.4, 0.5) is 5.69 Å². The van der Waals surface area contributed by atoms with Crippen molar-refractivity contribution in [3.05, 3.63) is 88.4 Å². The van der Waals surface area contributed by atoms with E-state index in [0.29, 0.717) is 23.9 Å². The third-order valence-corrected chi connectivity index (χ3v) is 7.71. The van der Waals surface area contributed by atoms with Gasteiger partial charge in [0.05, 0.1) is 17.2 Å². The van der Waals surface area contributed by atoms with Gasteiger partial charge < -0.3 is 10.1 Å². The van der Waals surface area contributed by atoms with Gasteiger partial charge in [-0.3, -0.25) is 9.10 Å². The highest BCUT2D eigenvalue weighted by Crippen LogP contribution is 2.26. The van der Waals surface area contributed by atoms with Gasteiger partial charge in [-0.05, 0) is 98.8 Å². The number of sulfonamides is 1. The number of aryl methyl sites for hydroxylation is 3. The van der Waals surface area contributed by atoms with Crippen LogP contribution in [0.1, 0.15) is 30.0 Å². The summed E-state index contributed by atoms with van der Waals surface area (Å²) >= 11 is 5.94. The van der Waals surface area contributed by atoms with Crippen LogP contribution in [0.2, 0.25) is 5.02 Å². The number of hydrogen-bond donors (Lipinski definition) is 1. The molecule has 1 N–H and O–H groups in total. The van der Waals surface area contributed by atoms with Gasteiger partial charge in [0.1, 0.15) is 12.3 Å². The molecule has 0 bridgehead atoms. The van der Waals surface area contributed by atoms with E-state index in [1.54, 1.807) is 12.1 Å². The normalized spacial score (nSPS) is 11.2. The molecule has 0 aliphatic carbocycles. The fourth-order valence-corrected chi connectivity index (χ4v) is 5.09. The first-order chi connectivity index (χ1) is 16.7. The van der Waals surface area contributed by atoms with E-state index in [9.17, 15) is 13.2 Å². The van der Waals surface area contributed by atoms with Crippen molar-refractivity contribution in [1.82, 2.24) is 5.32 Å². The van der Waals surface area contributed by atoms with Crippen LogP contribution in [-0.2, 0) is 21.2 Å². The van der Waals surface area contributed by atoms with Crippen LogP contribution in [0.25, 0.3) is 0 Å². The largest absolute Gasteiger partial charge is 0.494 e. The molecule has 8 heteroatoms. The lowest BCUT2D eigenvalue weighted by atomic mass is 10.1. The number of benzene rings is 3. The van der Waals surface area contributed by atoms with E-state index in [1.165, 1.54) is 24.3 Å². The molecular weight excluding hydrogens is 484 g/mol. The van der Waals surface area contributed by atoms with Crippen molar-refractivity contribution in [2.24, 2.45) is 0 Å². The maximum absolute atomic E-state index is 13.5. The average molecular weight is 515 g/mol. The Hall–Kier alpha value is -3.03. The van der Waals surface area contributed by atoms with Crippen LogP contribution in [0.15, 0.2) is 71.6 Å². The Bertz CT molecular complexity index is 1240. The summed E-state index contributed by atoms with van der Waals surface area (Å²) in [5, 5.41) is 3.29. The lowest BCUT2D eigenvalue weighted by Crippen LogP contribution is -2.41. The van der Waals surface area contributed by atoms with Gasteiger partial charge >= 0.3 is 0 Å². The molecule has 3 aromatic carbocycles. The minimum atomic E-state index is -3.98. The van der Waals surface area contributed by atoms with Crippen molar-refractivity contribution in [3.8, 4) is 5.75 Å². The summed E-state index contributed by atoms with van der Waals surface area (Å²) in [6.07, 6.45) is 1.52. The van der Waals surface area contributed by atoms with E-state index >= 15 is 0 Å². The second kappa shape index (κ2) is 12.1. The molecule has 0 aliphatic rings. The summed E-state index contributed by atoms with van der Waals surface area (Å²) < 4.78 is 33.5. The zero-order valence-electron chi connectivity index (χ0n) is 20.3. The van der Waals surface area contributed by atoms with Crippen molar-refractivity contribution in [3.63, 3.8) is 0 Å². The molecule has 6 nitrogen and oxygen atoms in total. The first-order valence-electron chi connectivity index (χ1n) is 11.5. The van der Waals surface area contributed by atoms with Gasteiger partial charge in [0.2, 0.25) is 5.91 Å². The number of amides is 1. The summed E-state index contributed by atoms with van der Waals surface area (Å²) in [5.41, 5.74) is 3.56. The monoisotopic (exact) mass is 514 g/mol. The molecule has 35 heavy (non-hydrogen) atoms.